The molecule has 0 spiro atoms. The standard InChI is InChI=1S/C17H18ClN3O4/c18-12-3-1-2-11(6-12)14-8-19-15-10-25-13(9-21(14)15)7-20-16(22)4-5-17(23)24/h1-3,6,8,13H,4-5,7,9-10H2,(H,20,22)(H,23,24). The fourth-order valence-corrected chi connectivity index (χ4v) is 2.91. The fourth-order valence-electron chi connectivity index (χ4n) is 2.72. The van der Waals surface area contributed by atoms with Crippen LogP contribution in [0.25, 0.3) is 11.3 Å². The number of hydrogen-bond donors (Lipinski definition) is 2. The SMILES string of the molecule is O=C(O)CCC(=O)NCC1Cn2c(-c3cccc(Cl)c3)cnc2CO1. The van der Waals surface area contributed by atoms with Crippen molar-refractivity contribution in [1.29, 1.82) is 0 Å². The molecule has 1 aliphatic heterocycles. The average Bonchev–Trinajstić information content (AvgIpc) is 3.01. The summed E-state index contributed by atoms with van der Waals surface area (Å²) in [6, 6.07) is 7.55. The molecule has 0 fully saturated rings. The number of carboxylic acids is 1. The number of aromatic nitrogens is 2. The zero-order chi connectivity index (χ0) is 17.8. The molecule has 1 aromatic carbocycles. The molecule has 25 heavy (non-hydrogen) atoms. The maximum Gasteiger partial charge on any atom is 0.303 e. The molecular weight excluding hydrogens is 346 g/mol. The number of imidazole rings is 1. The van der Waals surface area contributed by atoms with Crippen molar-refractivity contribution in [3.63, 3.8) is 0 Å². The second kappa shape index (κ2) is 7.67. The van der Waals surface area contributed by atoms with Crippen molar-refractivity contribution in [1.82, 2.24) is 14.9 Å². The third-order valence-electron chi connectivity index (χ3n) is 3.99. The minimum Gasteiger partial charge on any atom is -0.481 e. The quantitative estimate of drug-likeness (QED) is 0.819. The van der Waals surface area contributed by atoms with Crippen molar-refractivity contribution in [2.75, 3.05) is 6.54 Å². The molecule has 1 aliphatic rings. The number of carboxylic acid groups (broad SMARTS) is 1. The Labute approximate surface area is 149 Å². The van der Waals surface area contributed by atoms with E-state index in [0.29, 0.717) is 24.7 Å². The van der Waals surface area contributed by atoms with Gasteiger partial charge in [0.15, 0.2) is 0 Å². The second-order valence-corrected chi connectivity index (χ2v) is 6.25. The summed E-state index contributed by atoms with van der Waals surface area (Å²) in [5, 5.41) is 12.0. The number of nitrogens with zero attached hydrogens (tertiary/aromatic N) is 2. The van der Waals surface area contributed by atoms with Crippen LogP contribution >= 0.6 is 11.6 Å². The molecule has 0 saturated heterocycles. The smallest absolute Gasteiger partial charge is 0.303 e. The Morgan fingerprint density at radius 2 is 2.24 bits per heavy atom. The number of amides is 1. The van der Waals surface area contributed by atoms with Crippen LogP contribution in [0.1, 0.15) is 18.7 Å². The normalized spacial score (nSPS) is 16.3. The van der Waals surface area contributed by atoms with Crippen molar-refractivity contribution < 1.29 is 19.4 Å². The summed E-state index contributed by atoms with van der Waals surface area (Å²) in [4.78, 5) is 26.5. The molecule has 132 valence electrons. The summed E-state index contributed by atoms with van der Waals surface area (Å²) in [6.07, 6.45) is 1.38. The summed E-state index contributed by atoms with van der Waals surface area (Å²) in [5.74, 6) is -0.459. The molecule has 3 rings (SSSR count). The molecule has 0 bridgehead atoms. The van der Waals surface area contributed by atoms with E-state index in [0.717, 1.165) is 17.1 Å². The molecule has 8 heteroatoms. The predicted molar refractivity (Wildman–Crippen MR) is 91.1 cm³/mol. The average molecular weight is 364 g/mol. The maximum absolute atomic E-state index is 11.6. The fraction of sp³-hybridized carbons (Fsp3) is 0.353. The highest BCUT2D eigenvalue weighted by Crippen LogP contribution is 2.26. The Kier molecular flexibility index (Phi) is 5.35. The van der Waals surface area contributed by atoms with Crippen molar-refractivity contribution in [2.45, 2.75) is 32.1 Å². The zero-order valence-corrected chi connectivity index (χ0v) is 14.2. The summed E-state index contributed by atoms with van der Waals surface area (Å²) in [5.41, 5.74) is 1.92. The molecule has 0 saturated carbocycles. The zero-order valence-electron chi connectivity index (χ0n) is 13.4. The number of fused-ring (bicyclic) bond motifs is 1. The second-order valence-electron chi connectivity index (χ2n) is 5.81. The molecule has 7 nitrogen and oxygen atoms in total. The van der Waals surface area contributed by atoms with Crippen molar-refractivity contribution in [2.24, 2.45) is 0 Å². The lowest BCUT2D eigenvalue weighted by Gasteiger charge is -2.26. The first-order valence-electron chi connectivity index (χ1n) is 7.93. The van der Waals surface area contributed by atoms with Crippen molar-refractivity contribution in [3.8, 4) is 11.3 Å². The lowest BCUT2D eigenvalue weighted by molar-refractivity contribution is -0.138. The summed E-state index contributed by atoms with van der Waals surface area (Å²) >= 11 is 6.07. The molecule has 1 amide bonds. The van der Waals surface area contributed by atoms with Gasteiger partial charge in [0.1, 0.15) is 12.4 Å². The number of aliphatic carboxylic acids is 1. The number of ether oxygens (including phenoxy) is 1. The van der Waals surface area contributed by atoms with E-state index in [9.17, 15) is 9.59 Å². The number of carbonyl (C=O) groups excluding carboxylic acids is 1. The van der Waals surface area contributed by atoms with Gasteiger partial charge in [-0.3, -0.25) is 9.59 Å². The van der Waals surface area contributed by atoms with Gasteiger partial charge in [-0.2, -0.15) is 0 Å². The van der Waals surface area contributed by atoms with E-state index in [1.54, 1.807) is 6.20 Å². The van der Waals surface area contributed by atoms with Gasteiger partial charge in [-0.15, -0.1) is 0 Å². The summed E-state index contributed by atoms with van der Waals surface area (Å²) < 4.78 is 7.77. The Morgan fingerprint density at radius 3 is 3.00 bits per heavy atom. The van der Waals surface area contributed by atoms with Crippen LogP contribution in [0.3, 0.4) is 0 Å². The number of hydrogen-bond acceptors (Lipinski definition) is 4. The molecule has 2 N–H and O–H groups in total. The Bertz CT molecular complexity index is 790. The topological polar surface area (TPSA) is 93.4 Å². The summed E-state index contributed by atoms with van der Waals surface area (Å²) in [6.45, 7) is 1.23. The molecule has 1 aromatic heterocycles. The molecule has 1 unspecified atom stereocenters. The van der Waals surface area contributed by atoms with Crippen LogP contribution in [0.15, 0.2) is 30.5 Å². The largest absolute Gasteiger partial charge is 0.481 e. The van der Waals surface area contributed by atoms with Crippen LogP contribution in [-0.2, 0) is 27.5 Å². The van der Waals surface area contributed by atoms with Gasteiger partial charge in [0.25, 0.3) is 0 Å². The van der Waals surface area contributed by atoms with E-state index < -0.39 is 5.97 Å². The Hall–Kier alpha value is -2.38. The molecule has 1 atom stereocenters. The van der Waals surface area contributed by atoms with Gasteiger partial charge in [0.05, 0.1) is 31.0 Å². The number of nitrogens with one attached hydrogen (secondary N) is 1. The molecular formula is C17H18ClN3O4. The molecule has 2 aromatic rings. The van der Waals surface area contributed by atoms with E-state index in [2.05, 4.69) is 14.9 Å². The third kappa shape index (κ3) is 4.37. The summed E-state index contributed by atoms with van der Waals surface area (Å²) in [7, 11) is 0. The Balaban J connectivity index is 1.64. The van der Waals surface area contributed by atoms with Crippen molar-refractivity contribution in [3.05, 3.63) is 41.3 Å². The highest BCUT2D eigenvalue weighted by Gasteiger charge is 2.23. The monoisotopic (exact) mass is 363 g/mol. The van der Waals surface area contributed by atoms with Crippen LogP contribution in [0.4, 0.5) is 0 Å². The lowest BCUT2D eigenvalue weighted by Crippen LogP contribution is -2.39. The lowest BCUT2D eigenvalue weighted by atomic mass is 10.1. The first-order valence-corrected chi connectivity index (χ1v) is 8.31. The first-order chi connectivity index (χ1) is 12.0. The number of carbonyl (C=O) groups is 2. The van der Waals surface area contributed by atoms with Gasteiger partial charge >= 0.3 is 5.97 Å². The highest BCUT2D eigenvalue weighted by atomic mass is 35.5. The van der Waals surface area contributed by atoms with E-state index in [1.165, 1.54) is 0 Å². The van der Waals surface area contributed by atoms with Gasteiger partial charge in [-0.05, 0) is 12.1 Å². The maximum atomic E-state index is 11.6. The van der Waals surface area contributed by atoms with Crippen LogP contribution in [0.2, 0.25) is 5.02 Å². The predicted octanol–water partition coefficient (Wildman–Crippen LogP) is 2.08. The van der Waals surface area contributed by atoms with Gasteiger partial charge < -0.3 is 19.7 Å². The highest BCUT2D eigenvalue weighted by molar-refractivity contribution is 6.30. The number of benzene rings is 1. The van der Waals surface area contributed by atoms with E-state index in [1.807, 2.05) is 24.3 Å². The van der Waals surface area contributed by atoms with Crippen LogP contribution in [0, 0.1) is 0 Å². The van der Waals surface area contributed by atoms with Gasteiger partial charge in [-0.1, -0.05) is 23.7 Å². The van der Waals surface area contributed by atoms with Gasteiger partial charge in [-0.25, -0.2) is 4.98 Å². The van der Waals surface area contributed by atoms with Crippen LogP contribution in [-0.4, -0.2) is 39.2 Å². The molecule has 0 radical (unpaired) electrons. The number of rotatable bonds is 6. The third-order valence-corrected chi connectivity index (χ3v) is 4.22. The van der Waals surface area contributed by atoms with Gasteiger partial charge in [0.2, 0.25) is 5.91 Å². The minimum atomic E-state index is -0.988. The van der Waals surface area contributed by atoms with Crippen LogP contribution in [0.5, 0.6) is 0 Å². The first kappa shape index (κ1) is 17.4. The van der Waals surface area contributed by atoms with Crippen molar-refractivity contribution >= 4 is 23.5 Å². The molecule has 2 heterocycles. The van der Waals surface area contributed by atoms with E-state index in [-0.39, 0.29) is 24.9 Å². The van der Waals surface area contributed by atoms with Crippen LogP contribution < -0.4 is 5.32 Å². The van der Waals surface area contributed by atoms with E-state index >= 15 is 0 Å². The van der Waals surface area contributed by atoms with Gasteiger partial charge in [0, 0.05) is 23.6 Å². The number of halogens is 1. The Morgan fingerprint density at radius 1 is 1.40 bits per heavy atom. The van der Waals surface area contributed by atoms with E-state index in [4.69, 9.17) is 21.4 Å². The molecule has 0 aliphatic carbocycles. The minimum absolute atomic E-state index is 0.0356.